The van der Waals surface area contributed by atoms with Crippen molar-refractivity contribution in [3.63, 3.8) is 0 Å². The highest BCUT2D eigenvalue weighted by molar-refractivity contribution is 5.89. The average Bonchev–Trinajstić information content (AvgIpc) is 2.64. The third-order valence-electron chi connectivity index (χ3n) is 5.06. The van der Waals surface area contributed by atoms with Crippen molar-refractivity contribution in [3.8, 4) is 0 Å². The van der Waals surface area contributed by atoms with Gasteiger partial charge in [0.25, 0.3) is 0 Å². The van der Waals surface area contributed by atoms with Crippen LogP contribution in [0.3, 0.4) is 0 Å². The Balaban J connectivity index is 1.51. The number of anilines is 1. The van der Waals surface area contributed by atoms with Gasteiger partial charge in [-0.3, -0.25) is 4.79 Å². The summed E-state index contributed by atoms with van der Waals surface area (Å²) >= 11 is 0. The van der Waals surface area contributed by atoms with Crippen LogP contribution in [0.25, 0.3) is 0 Å². The maximum Gasteiger partial charge on any atom is 0.321 e. The zero-order valence-corrected chi connectivity index (χ0v) is 14.5. The molecule has 136 valence electrons. The van der Waals surface area contributed by atoms with E-state index in [-0.39, 0.29) is 23.2 Å². The Labute approximate surface area is 146 Å². The van der Waals surface area contributed by atoms with Gasteiger partial charge in [-0.1, -0.05) is 6.92 Å². The van der Waals surface area contributed by atoms with Gasteiger partial charge in [0, 0.05) is 45.1 Å². The summed E-state index contributed by atoms with van der Waals surface area (Å²) in [6, 6.07) is 5.44. The molecule has 1 N–H and O–H groups in total. The van der Waals surface area contributed by atoms with Crippen molar-refractivity contribution in [1.29, 1.82) is 0 Å². The molecule has 3 rings (SSSR count). The lowest BCUT2D eigenvalue weighted by Gasteiger charge is -2.41. The molecule has 0 saturated carbocycles. The number of ether oxygens (including phenoxy) is 1. The highest BCUT2D eigenvalue weighted by Gasteiger charge is 2.39. The second-order valence-corrected chi connectivity index (χ2v) is 6.89. The summed E-state index contributed by atoms with van der Waals surface area (Å²) in [5.74, 6) is -0.180. The molecule has 2 aliphatic rings. The van der Waals surface area contributed by atoms with Gasteiger partial charge in [-0.15, -0.1) is 0 Å². The van der Waals surface area contributed by atoms with E-state index in [1.165, 1.54) is 24.3 Å². The topological polar surface area (TPSA) is 61.9 Å². The molecule has 2 aliphatic heterocycles. The summed E-state index contributed by atoms with van der Waals surface area (Å²) in [5, 5.41) is 2.75. The van der Waals surface area contributed by atoms with E-state index in [2.05, 4.69) is 5.32 Å². The SMILES string of the molecule is CC1(C(=O)N2CCN(C(=O)Nc3ccc(F)cc3)CC2)CCOCC1. The first kappa shape index (κ1) is 17.7. The molecule has 25 heavy (non-hydrogen) atoms. The Hall–Kier alpha value is -2.15. The summed E-state index contributed by atoms with van der Waals surface area (Å²) in [4.78, 5) is 28.6. The van der Waals surface area contributed by atoms with Crippen molar-refractivity contribution in [2.75, 3.05) is 44.7 Å². The first-order chi connectivity index (χ1) is 12.0. The van der Waals surface area contributed by atoms with Gasteiger partial charge in [0.05, 0.1) is 5.41 Å². The number of hydrogen-bond acceptors (Lipinski definition) is 3. The van der Waals surface area contributed by atoms with Crippen molar-refractivity contribution in [2.24, 2.45) is 5.41 Å². The number of benzene rings is 1. The van der Waals surface area contributed by atoms with Crippen LogP contribution in [0.5, 0.6) is 0 Å². The molecule has 0 unspecified atom stereocenters. The van der Waals surface area contributed by atoms with E-state index in [9.17, 15) is 14.0 Å². The smallest absolute Gasteiger partial charge is 0.321 e. The van der Waals surface area contributed by atoms with Crippen LogP contribution in [0.4, 0.5) is 14.9 Å². The third kappa shape index (κ3) is 4.10. The fourth-order valence-corrected chi connectivity index (χ4v) is 3.27. The van der Waals surface area contributed by atoms with Gasteiger partial charge in [-0.05, 0) is 37.1 Å². The van der Waals surface area contributed by atoms with Gasteiger partial charge in [0.15, 0.2) is 0 Å². The molecule has 0 spiro atoms. The minimum atomic E-state index is -0.350. The molecule has 3 amide bonds. The number of nitrogens with one attached hydrogen (secondary N) is 1. The average molecular weight is 349 g/mol. The predicted molar refractivity (Wildman–Crippen MR) is 91.7 cm³/mol. The van der Waals surface area contributed by atoms with Gasteiger partial charge in [-0.2, -0.15) is 0 Å². The first-order valence-electron chi connectivity index (χ1n) is 8.67. The second kappa shape index (κ2) is 7.39. The molecule has 2 heterocycles. The fourth-order valence-electron chi connectivity index (χ4n) is 3.27. The van der Waals surface area contributed by atoms with Crippen molar-refractivity contribution in [3.05, 3.63) is 30.1 Å². The van der Waals surface area contributed by atoms with Crippen LogP contribution in [-0.4, -0.2) is 61.1 Å². The molecule has 2 fully saturated rings. The monoisotopic (exact) mass is 349 g/mol. The summed E-state index contributed by atoms with van der Waals surface area (Å²) in [6.07, 6.45) is 1.49. The second-order valence-electron chi connectivity index (χ2n) is 6.89. The van der Waals surface area contributed by atoms with E-state index in [0.29, 0.717) is 45.1 Å². The van der Waals surface area contributed by atoms with Crippen LogP contribution in [-0.2, 0) is 9.53 Å². The van der Waals surface area contributed by atoms with Crippen LogP contribution in [0.15, 0.2) is 24.3 Å². The standard InChI is InChI=1S/C18H24FN3O3/c1-18(6-12-25-13-7-18)16(23)21-8-10-22(11-9-21)17(24)20-15-4-2-14(19)3-5-15/h2-5H,6-13H2,1H3,(H,20,24). The molecule has 2 saturated heterocycles. The van der Waals surface area contributed by atoms with Gasteiger partial charge in [0.1, 0.15) is 5.82 Å². The molecular formula is C18H24FN3O3. The zero-order chi connectivity index (χ0) is 17.9. The van der Waals surface area contributed by atoms with Crippen molar-refractivity contribution in [1.82, 2.24) is 9.80 Å². The highest BCUT2D eigenvalue weighted by Crippen LogP contribution is 2.32. The van der Waals surface area contributed by atoms with Crippen LogP contribution >= 0.6 is 0 Å². The Morgan fingerprint density at radius 3 is 2.20 bits per heavy atom. The van der Waals surface area contributed by atoms with Crippen LogP contribution in [0.2, 0.25) is 0 Å². The summed E-state index contributed by atoms with van der Waals surface area (Å²) in [5.41, 5.74) is 0.205. The Bertz CT molecular complexity index is 621. The maximum absolute atomic E-state index is 12.9. The summed E-state index contributed by atoms with van der Waals surface area (Å²) < 4.78 is 18.3. The van der Waals surface area contributed by atoms with Crippen molar-refractivity contribution < 1.29 is 18.7 Å². The molecule has 6 nitrogen and oxygen atoms in total. The zero-order valence-electron chi connectivity index (χ0n) is 14.5. The number of piperazine rings is 1. The number of urea groups is 1. The van der Waals surface area contributed by atoms with Crippen molar-refractivity contribution in [2.45, 2.75) is 19.8 Å². The molecule has 1 aromatic rings. The van der Waals surface area contributed by atoms with Gasteiger partial charge >= 0.3 is 6.03 Å². The van der Waals surface area contributed by atoms with Crippen LogP contribution in [0.1, 0.15) is 19.8 Å². The van der Waals surface area contributed by atoms with E-state index in [1.54, 1.807) is 4.90 Å². The number of nitrogens with zero attached hydrogens (tertiary/aromatic N) is 2. The van der Waals surface area contributed by atoms with Gasteiger partial charge in [0.2, 0.25) is 5.91 Å². The van der Waals surface area contributed by atoms with Crippen LogP contribution in [0, 0.1) is 11.2 Å². The molecule has 0 atom stereocenters. The molecular weight excluding hydrogens is 325 g/mol. The van der Waals surface area contributed by atoms with Gasteiger partial charge < -0.3 is 19.9 Å². The lowest BCUT2D eigenvalue weighted by atomic mass is 9.81. The first-order valence-corrected chi connectivity index (χ1v) is 8.67. The van der Waals surface area contributed by atoms with Crippen LogP contribution < -0.4 is 5.32 Å². The highest BCUT2D eigenvalue weighted by atomic mass is 19.1. The normalized spacial score (nSPS) is 20.2. The fraction of sp³-hybridized carbons (Fsp3) is 0.556. The Kier molecular flexibility index (Phi) is 5.22. The lowest BCUT2D eigenvalue weighted by molar-refractivity contribution is -0.147. The molecule has 0 radical (unpaired) electrons. The third-order valence-corrected chi connectivity index (χ3v) is 5.06. The number of carbonyl (C=O) groups is 2. The number of carbonyl (C=O) groups excluding carboxylic acids is 2. The Morgan fingerprint density at radius 2 is 1.60 bits per heavy atom. The summed E-state index contributed by atoms with van der Waals surface area (Å²) in [7, 11) is 0. The van der Waals surface area contributed by atoms with Gasteiger partial charge in [-0.25, -0.2) is 9.18 Å². The van der Waals surface area contributed by atoms with E-state index in [0.717, 1.165) is 12.8 Å². The molecule has 0 aliphatic carbocycles. The number of halogens is 1. The lowest BCUT2D eigenvalue weighted by Crippen LogP contribution is -2.55. The molecule has 7 heteroatoms. The molecule has 0 aromatic heterocycles. The predicted octanol–water partition coefficient (Wildman–Crippen LogP) is 2.32. The quantitative estimate of drug-likeness (QED) is 0.891. The molecule has 0 bridgehead atoms. The number of rotatable bonds is 2. The number of amides is 3. The van der Waals surface area contributed by atoms with E-state index in [4.69, 9.17) is 4.74 Å². The summed E-state index contributed by atoms with van der Waals surface area (Å²) in [6.45, 7) is 5.31. The Morgan fingerprint density at radius 1 is 1.04 bits per heavy atom. The van der Waals surface area contributed by atoms with E-state index >= 15 is 0 Å². The maximum atomic E-state index is 12.9. The largest absolute Gasteiger partial charge is 0.381 e. The van der Waals surface area contributed by atoms with E-state index in [1.807, 2.05) is 11.8 Å². The van der Waals surface area contributed by atoms with Crippen molar-refractivity contribution >= 4 is 17.6 Å². The minimum Gasteiger partial charge on any atom is -0.381 e. The minimum absolute atomic E-state index is 0.161. The number of hydrogen-bond donors (Lipinski definition) is 1. The van der Waals surface area contributed by atoms with E-state index < -0.39 is 0 Å². The molecule has 1 aromatic carbocycles.